The number of rotatable bonds is 2. The topological polar surface area (TPSA) is 32.3 Å². The molecule has 92 valence electrons. The van der Waals surface area contributed by atoms with Crippen molar-refractivity contribution < 1.29 is 4.79 Å². The van der Waals surface area contributed by atoms with E-state index in [9.17, 15) is 4.79 Å². The van der Waals surface area contributed by atoms with Gasteiger partial charge < -0.3 is 10.2 Å². The van der Waals surface area contributed by atoms with E-state index in [1.807, 2.05) is 0 Å². The summed E-state index contributed by atoms with van der Waals surface area (Å²) in [6.45, 7) is 7.54. The van der Waals surface area contributed by atoms with Crippen LogP contribution in [0.2, 0.25) is 0 Å². The molecule has 2 heterocycles. The van der Waals surface area contributed by atoms with Gasteiger partial charge in [-0.15, -0.1) is 0 Å². The van der Waals surface area contributed by atoms with Crippen LogP contribution in [-0.2, 0) is 4.79 Å². The van der Waals surface area contributed by atoms with E-state index in [1.165, 1.54) is 19.3 Å². The number of nitrogens with one attached hydrogen (secondary N) is 1. The first kappa shape index (κ1) is 11.9. The van der Waals surface area contributed by atoms with Crippen molar-refractivity contribution >= 4 is 5.91 Å². The van der Waals surface area contributed by atoms with E-state index < -0.39 is 0 Å². The lowest BCUT2D eigenvalue weighted by atomic mass is 9.78. The maximum Gasteiger partial charge on any atom is 0.239 e. The van der Waals surface area contributed by atoms with Gasteiger partial charge in [0.05, 0.1) is 6.04 Å². The van der Waals surface area contributed by atoms with Crippen LogP contribution in [0.5, 0.6) is 0 Å². The summed E-state index contributed by atoms with van der Waals surface area (Å²) in [5, 5.41) is 3.30. The van der Waals surface area contributed by atoms with Gasteiger partial charge in [-0.2, -0.15) is 0 Å². The van der Waals surface area contributed by atoms with Crippen molar-refractivity contribution in [1.29, 1.82) is 0 Å². The Bertz CT molecular complexity index is 251. The molecule has 16 heavy (non-hydrogen) atoms. The van der Waals surface area contributed by atoms with Crippen molar-refractivity contribution in [3.8, 4) is 0 Å². The Morgan fingerprint density at radius 3 is 2.62 bits per heavy atom. The molecule has 2 aliphatic heterocycles. The van der Waals surface area contributed by atoms with Gasteiger partial charge in [0.1, 0.15) is 0 Å². The van der Waals surface area contributed by atoms with Gasteiger partial charge in [0, 0.05) is 13.1 Å². The third kappa shape index (κ3) is 2.40. The van der Waals surface area contributed by atoms with Crippen LogP contribution in [0.1, 0.15) is 46.0 Å². The largest absolute Gasteiger partial charge is 0.341 e. The highest BCUT2D eigenvalue weighted by atomic mass is 16.2. The number of hydrogen-bond acceptors (Lipinski definition) is 2. The minimum Gasteiger partial charge on any atom is -0.341 e. The summed E-state index contributed by atoms with van der Waals surface area (Å²) < 4.78 is 0. The van der Waals surface area contributed by atoms with Crippen molar-refractivity contribution in [2.45, 2.75) is 52.0 Å². The Morgan fingerprint density at radius 1 is 1.44 bits per heavy atom. The Hall–Kier alpha value is -0.570. The van der Waals surface area contributed by atoms with Gasteiger partial charge in [-0.3, -0.25) is 4.79 Å². The van der Waals surface area contributed by atoms with Crippen molar-refractivity contribution in [1.82, 2.24) is 10.2 Å². The molecule has 1 N–H and O–H groups in total. The number of piperidine rings is 1. The van der Waals surface area contributed by atoms with Gasteiger partial charge in [0.15, 0.2) is 0 Å². The third-order valence-corrected chi connectivity index (χ3v) is 4.49. The maximum atomic E-state index is 12.2. The monoisotopic (exact) mass is 224 g/mol. The standard InChI is InChI=1S/C13H24N2O/c1-3-13(2)6-9-15(10-7-13)12(16)11-5-4-8-14-11/h11,14H,3-10H2,1-2H3. The van der Waals surface area contributed by atoms with E-state index >= 15 is 0 Å². The molecule has 0 aromatic rings. The zero-order valence-electron chi connectivity index (χ0n) is 10.6. The summed E-state index contributed by atoms with van der Waals surface area (Å²) in [6.07, 6.45) is 5.75. The number of amides is 1. The molecular weight excluding hydrogens is 200 g/mol. The summed E-state index contributed by atoms with van der Waals surface area (Å²) in [4.78, 5) is 14.2. The van der Waals surface area contributed by atoms with Gasteiger partial charge >= 0.3 is 0 Å². The number of carbonyl (C=O) groups is 1. The van der Waals surface area contributed by atoms with Crippen molar-refractivity contribution in [3.63, 3.8) is 0 Å². The molecule has 1 unspecified atom stereocenters. The van der Waals surface area contributed by atoms with E-state index in [4.69, 9.17) is 0 Å². The van der Waals surface area contributed by atoms with Gasteiger partial charge in [-0.05, 0) is 37.6 Å². The zero-order chi connectivity index (χ0) is 11.6. The summed E-state index contributed by atoms with van der Waals surface area (Å²) in [7, 11) is 0. The first-order valence-corrected chi connectivity index (χ1v) is 6.67. The molecule has 2 rings (SSSR count). The van der Waals surface area contributed by atoms with Crippen molar-refractivity contribution in [3.05, 3.63) is 0 Å². The van der Waals surface area contributed by atoms with Gasteiger partial charge in [0.2, 0.25) is 5.91 Å². The van der Waals surface area contributed by atoms with E-state index in [2.05, 4.69) is 24.1 Å². The lowest BCUT2D eigenvalue weighted by Crippen LogP contribution is -2.48. The second kappa shape index (κ2) is 4.74. The van der Waals surface area contributed by atoms with Crippen LogP contribution in [0.4, 0.5) is 0 Å². The van der Waals surface area contributed by atoms with Gasteiger partial charge in [-0.25, -0.2) is 0 Å². The highest BCUT2D eigenvalue weighted by Crippen LogP contribution is 2.34. The van der Waals surface area contributed by atoms with Crippen LogP contribution < -0.4 is 5.32 Å². The van der Waals surface area contributed by atoms with Crippen LogP contribution in [0, 0.1) is 5.41 Å². The van der Waals surface area contributed by atoms with E-state index in [0.29, 0.717) is 11.3 Å². The fraction of sp³-hybridized carbons (Fsp3) is 0.923. The Labute approximate surface area is 98.6 Å². The highest BCUT2D eigenvalue weighted by Gasteiger charge is 2.33. The minimum atomic E-state index is 0.117. The van der Waals surface area contributed by atoms with E-state index in [1.54, 1.807) is 0 Å². The molecule has 1 atom stereocenters. The molecule has 2 aliphatic rings. The van der Waals surface area contributed by atoms with Crippen LogP contribution in [0.3, 0.4) is 0 Å². The average molecular weight is 224 g/mol. The predicted molar refractivity (Wildman–Crippen MR) is 65.2 cm³/mol. The van der Waals surface area contributed by atoms with Gasteiger partial charge in [0.25, 0.3) is 0 Å². The number of carbonyl (C=O) groups excluding carboxylic acids is 1. The van der Waals surface area contributed by atoms with Crippen LogP contribution in [0.25, 0.3) is 0 Å². The maximum absolute atomic E-state index is 12.2. The van der Waals surface area contributed by atoms with Crippen LogP contribution in [0.15, 0.2) is 0 Å². The minimum absolute atomic E-state index is 0.117. The smallest absolute Gasteiger partial charge is 0.239 e. The summed E-state index contributed by atoms with van der Waals surface area (Å²) >= 11 is 0. The number of nitrogens with zero attached hydrogens (tertiary/aromatic N) is 1. The molecule has 2 saturated heterocycles. The fourth-order valence-electron chi connectivity index (χ4n) is 2.74. The first-order chi connectivity index (χ1) is 7.64. The Balaban J connectivity index is 1.86. The molecule has 0 saturated carbocycles. The highest BCUT2D eigenvalue weighted by molar-refractivity contribution is 5.82. The van der Waals surface area contributed by atoms with Crippen molar-refractivity contribution in [2.75, 3.05) is 19.6 Å². The Morgan fingerprint density at radius 2 is 2.12 bits per heavy atom. The van der Waals surface area contributed by atoms with E-state index in [0.717, 1.165) is 32.5 Å². The summed E-state index contributed by atoms with van der Waals surface area (Å²) in [6, 6.07) is 0.117. The predicted octanol–water partition coefficient (Wildman–Crippen LogP) is 1.78. The molecule has 0 bridgehead atoms. The molecular formula is C13H24N2O. The molecule has 3 heteroatoms. The zero-order valence-corrected chi connectivity index (χ0v) is 10.6. The quantitative estimate of drug-likeness (QED) is 0.775. The molecule has 2 fully saturated rings. The van der Waals surface area contributed by atoms with Crippen LogP contribution in [-0.4, -0.2) is 36.5 Å². The number of likely N-dealkylation sites (tertiary alicyclic amines) is 1. The molecule has 0 radical (unpaired) electrons. The molecule has 0 spiro atoms. The second-order valence-electron chi connectivity index (χ2n) is 5.64. The molecule has 1 amide bonds. The van der Waals surface area contributed by atoms with Crippen molar-refractivity contribution in [2.24, 2.45) is 5.41 Å². The second-order valence-corrected chi connectivity index (χ2v) is 5.64. The SMILES string of the molecule is CCC1(C)CCN(C(=O)C2CCCN2)CC1. The third-order valence-electron chi connectivity index (χ3n) is 4.49. The van der Waals surface area contributed by atoms with Gasteiger partial charge in [-0.1, -0.05) is 20.3 Å². The average Bonchev–Trinajstić information content (AvgIpc) is 2.83. The van der Waals surface area contributed by atoms with E-state index in [-0.39, 0.29) is 6.04 Å². The first-order valence-electron chi connectivity index (χ1n) is 6.67. The lowest BCUT2D eigenvalue weighted by Gasteiger charge is -2.39. The molecule has 0 aliphatic carbocycles. The normalized spacial score (nSPS) is 29.4. The Kier molecular flexibility index (Phi) is 3.53. The fourth-order valence-corrected chi connectivity index (χ4v) is 2.74. The molecule has 0 aromatic heterocycles. The van der Waals surface area contributed by atoms with Crippen LogP contribution >= 0.6 is 0 Å². The molecule has 3 nitrogen and oxygen atoms in total. The molecule has 0 aromatic carbocycles. The lowest BCUT2D eigenvalue weighted by molar-refractivity contribution is -0.135. The summed E-state index contributed by atoms with van der Waals surface area (Å²) in [5.74, 6) is 0.343. The summed E-state index contributed by atoms with van der Waals surface area (Å²) in [5.41, 5.74) is 0.472. The number of hydrogen-bond donors (Lipinski definition) is 1.